The molecule has 26 heavy (non-hydrogen) atoms. The molecule has 0 aliphatic rings. The summed E-state index contributed by atoms with van der Waals surface area (Å²) in [5.74, 6) is 1.54. The second-order valence-corrected chi connectivity index (χ2v) is 6.27. The Hall–Kier alpha value is -2.67. The summed E-state index contributed by atoms with van der Waals surface area (Å²) in [6.45, 7) is 0.531. The van der Waals surface area contributed by atoms with Crippen molar-refractivity contribution in [3.63, 3.8) is 0 Å². The van der Waals surface area contributed by atoms with Gasteiger partial charge >= 0.3 is 5.97 Å². The Kier molecular flexibility index (Phi) is 7.82. The van der Waals surface area contributed by atoms with Gasteiger partial charge in [0.1, 0.15) is 17.1 Å². The third-order valence-corrected chi connectivity index (χ3v) is 4.29. The maximum Gasteiger partial charge on any atom is 0.341 e. The van der Waals surface area contributed by atoms with E-state index in [2.05, 4.69) is 10.1 Å². The van der Waals surface area contributed by atoms with Crippen LogP contribution in [-0.4, -0.2) is 44.2 Å². The predicted molar refractivity (Wildman–Crippen MR) is 102 cm³/mol. The molecule has 0 spiro atoms. The van der Waals surface area contributed by atoms with Crippen molar-refractivity contribution in [1.82, 2.24) is 0 Å². The summed E-state index contributed by atoms with van der Waals surface area (Å²) in [6, 6.07) is 14.3. The average molecular weight is 375 g/mol. The molecule has 0 radical (unpaired) electrons. The van der Waals surface area contributed by atoms with E-state index in [1.54, 1.807) is 18.2 Å². The van der Waals surface area contributed by atoms with Crippen LogP contribution < -0.4 is 14.8 Å². The van der Waals surface area contributed by atoms with Crippen molar-refractivity contribution in [2.45, 2.75) is 0 Å². The van der Waals surface area contributed by atoms with Gasteiger partial charge in [-0.15, -0.1) is 11.8 Å². The van der Waals surface area contributed by atoms with E-state index in [-0.39, 0.29) is 5.91 Å². The zero-order chi connectivity index (χ0) is 18.8. The largest absolute Gasteiger partial charge is 0.496 e. The van der Waals surface area contributed by atoms with Crippen molar-refractivity contribution in [3.8, 4) is 11.5 Å². The van der Waals surface area contributed by atoms with Crippen LogP contribution in [0.1, 0.15) is 10.4 Å². The summed E-state index contributed by atoms with van der Waals surface area (Å²) in [5.41, 5.74) is 0.862. The number of nitrogens with one attached hydrogen (secondary N) is 1. The van der Waals surface area contributed by atoms with Crippen LogP contribution >= 0.6 is 11.8 Å². The average Bonchev–Trinajstić information content (AvgIpc) is 2.67. The highest BCUT2D eigenvalue weighted by Crippen LogP contribution is 2.24. The van der Waals surface area contributed by atoms with Gasteiger partial charge in [-0.1, -0.05) is 18.2 Å². The van der Waals surface area contributed by atoms with Crippen LogP contribution in [0.3, 0.4) is 0 Å². The predicted octanol–water partition coefficient (Wildman–Crippen LogP) is 3.23. The zero-order valence-corrected chi connectivity index (χ0v) is 15.5. The fraction of sp³-hybridized carbons (Fsp3) is 0.263. The number of benzene rings is 2. The van der Waals surface area contributed by atoms with Gasteiger partial charge in [-0.3, -0.25) is 4.79 Å². The van der Waals surface area contributed by atoms with Crippen molar-refractivity contribution < 1.29 is 23.8 Å². The Labute approximate surface area is 156 Å². The number of hydrogen-bond acceptors (Lipinski definition) is 6. The number of rotatable bonds is 9. The van der Waals surface area contributed by atoms with Crippen molar-refractivity contribution in [3.05, 3.63) is 54.1 Å². The molecule has 0 aromatic heterocycles. The van der Waals surface area contributed by atoms with Crippen molar-refractivity contribution in [2.24, 2.45) is 0 Å². The molecule has 1 N–H and O–H groups in total. The molecule has 2 rings (SSSR count). The first-order valence-electron chi connectivity index (χ1n) is 7.96. The highest BCUT2D eigenvalue weighted by atomic mass is 32.2. The Bertz CT molecular complexity index is 736. The van der Waals surface area contributed by atoms with Gasteiger partial charge in [0, 0.05) is 17.5 Å². The quantitative estimate of drug-likeness (QED) is 0.536. The molecule has 2 aromatic carbocycles. The van der Waals surface area contributed by atoms with E-state index in [4.69, 9.17) is 9.47 Å². The molecular weight excluding hydrogens is 354 g/mol. The molecule has 0 atom stereocenters. The first-order valence-corrected chi connectivity index (χ1v) is 9.11. The fourth-order valence-corrected chi connectivity index (χ4v) is 2.75. The monoisotopic (exact) mass is 375 g/mol. The third kappa shape index (κ3) is 6.00. The van der Waals surface area contributed by atoms with E-state index in [9.17, 15) is 9.59 Å². The number of hydrogen-bond donors (Lipinski definition) is 1. The molecule has 0 aliphatic heterocycles. The van der Waals surface area contributed by atoms with Crippen LogP contribution in [0.4, 0.5) is 5.69 Å². The SMILES string of the molecule is COC(=O)c1ccc(NC(=O)CSCCOc2ccccc2)cc1OC. The third-order valence-electron chi connectivity index (χ3n) is 3.36. The van der Waals surface area contributed by atoms with Crippen LogP contribution in [0.5, 0.6) is 11.5 Å². The molecule has 2 aromatic rings. The molecule has 0 unspecified atom stereocenters. The maximum absolute atomic E-state index is 12.0. The Morgan fingerprint density at radius 3 is 2.54 bits per heavy atom. The number of carbonyl (C=O) groups is 2. The van der Waals surface area contributed by atoms with E-state index in [1.807, 2.05) is 30.3 Å². The lowest BCUT2D eigenvalue weighted by molar-refractivity contribution is -0.113. The zero-order valence-electron chi connectivity index (χ0n) is 14.7. The van der Waals surface area contributed by atoms with Crippen LogP contribution in [0, 0.1) is 0 Å². The van der Waals surface area contributed by atoms with E-state index in [0.29, 0.717) is 35.1 Å². The molecule has 138 valence electrons. The molecule has 0 aliphatic carbocycles. The van der Waals surface area contributed by atoms with Gasteiger partial charge < -0.3 is 19.5 Å². The normalized spacial score (nSPS) is 10.1. The summed E-state index contributed by atoms with van der Waals surface area (Å²) < 4.78 is 15.4. The van der Waals surface area contributed by atoms with Gasteiger partial charge in [-0.25, -0.2) is 4.79 Å². The minimum atomic E-state index is -0.492. The molecular formula is C19H21NO5S. The number of thioether (sulfide) groups is 1. The van der Waals surface area contributed by atoms with Crippen molar-refractivity contribution in [2.75, 3.05) is 37.6 Å². The van der Waals surface area contributed by atoms with E-state index in [0.717, 1.165) is 5.75 Å². The molecule has 0 heterocycles. The number of methoxy groups -OCH3 is 2. The Morgan fingerprint density at radius 1 is 1.08 bits per heavy atom. The number of ether oxygens (including phenoxy) is 3. The summed E-state index contributed by atoms with van der Waals surface area (Å²) in [6.07, 6.45) is 0. The highest BCUT2D eigenvalue weighted by Gasteiger charge is 2.14. The Morgan fingerprint density at radius 2 is 1.85 bits per heavy atom. The van der Waals surface area contributed by atoms with Gasteiger partial charge in [0.05, 0.1) is 26.6 Å². The second kappa shape index (κ2) is 10.4. The van der Waals surface area contributed by atoms with Crippen LogP contribution in [0.15, 0.2) is 48.5 Å². The lowest BCUT2D eigenvalue weighted by atomic mass is 10.2. The molecule has 0 fully saturated rings. The Balaban J connectivity index is 1.76. The highest BCUT2D eigenvalue weighted by molar-refractivity contribution is 7.99. The van der Waals surface area contributed by atoms with Crippen LogP contribution in [0.2, 0.25) is 0 Å². The van der Waals surface area contributed by atoms with E-state index in [1.165, 1.54) is 26.0 Å². The lowest BCUT2D eigenvalue weighted by Crippen LogP contribution is -2.15. The molecule has 0 saturated heterocycles. The lowest BCUT2D eigenvalue weighted by Gasteiger charge is -2.10. The van der Waals surface area contributed by atoms with Gasteiger partial charge in [-0.2, -0.15) is 0 Å². The standard InChI is InChI=1S/C19H21NO5S/c1-23-17-12-14(8-9-16(17)19(22)24-2)20-18(21)13-26-11-10-25-15-6-4-3-5-7-15/h3-9,12H,10-11,13H2,1-2H3,(H,20,21). The summed E-state index contributed by atoms with van der Waals surface area (Å²) in [7, 11) is 2.76. The smallest absolute Gasteiger partial charge is 0.341 e. The minimum absolute atomic E-state index is 0.136. The number of amides is 1. The number of anilines is 1. The van der Waals surface area contributed by atoms with Crippen molar-refractivity contribution >= 4 is 29.3 Å². The fourth-order valence-electron chi connectivity index (χ4n) is 2.14. The summed E-state index contributed by atoms with van der Waals surface area (Å²) >= 11 is 1.48. The second-order valence-electron chi connectivity index (χ2n) is 5.17. The summed E-state index contributed by atoms with van der Waals surface area (Å²) in [4.78, 5) is 23.6. The van der Waals surface area contributed by atoms with Gasteiger partial charge in [-0.05, 0) is 24.3 Å². The van der Waals surface area contributed by atoms with E-state index < -0.39 is 5.97 Å². The number of esters is 1. The van der Waals surface area contributed by atoms with E-state index >= 15 is 0 Å². The molecule has 1 amide bonds. The molecule has 7 heteroatoms. The van der Waals surface area contributed by atoms with Crippen molar-refractivity contribution in [1.29, 1.82) is 0 Å². The van der Waals surface area contributed by atoms with Crippen LogP contribution in [-0.2, 0) is 9.53 Å². The first kappa shape index (κ1) is 19.7. The molecule has 6 nitrogen and oxygen atoms in total. The molecule has 0 bridgehead atoms. The first-order chi connectivity index (χ1) is 12.6. The minimum Gasteiger partial charge on any atom is -0.496 e. The topological polar surface area (TPSA) is 73.9 Å². The number of carbonyl (C=O) groups excluding carboxylic acids is 2. The molecule has 0 saturated carbocycles. The van der Waals surface area contributed by atoms with Gasteiger partial charge in [0.25, 0.3) is 0 Å². The van der Waals surface area contributed by atoms with Gasteiger partial charge in [0.2, 0.25) is 5.91 Å². The van der Waals surface area contributed by atoms with Crippen LogP contribution in [0.25, 0.3) is 0 Å². The summed E-state index contributed by atoms with van der Waals surface area (Å²) in [5, 5.41) is 2.78. The van der Waals surface area contributed by atoms with Gasteiger partial charge in [0.15, 0.2) is 0 Å². The maximum atomic E-state index is 12.0. The number of para-hydroxylation sites is 1.